The van der Waals surface area contributed by atoms with Crippen LogP contribution in [0.3, 0.4) is 0 Å². The number of esters is 1. The molecule has 0 bridgehead atoms. The van der Waals surface area contributed by atoms with Crippen LogP contribution < -0.4 is 22.3 Å². The van der Waals surface area contributed by atoms with E-state index in [1.165, 1.54) is 6.07 Å². The summed E-state index contributed by atoms with van der Waals surface area (Å²) in [5.41, 5.74) is 7.76. The minimum atomic E-state index is -0.373. The van der Waals surface area contributed by atoms with Crippen LogP contribution in [0.1, 0.15) is 6.92 Å². The number of hydrogen-bond donors (Lipinski definition) is 4. The van der Waals surface area contributed by atoms with E-state index in [1.807, 2.05) is 0 Å². The van der Waals surface area contributed by atoms with Crippen LogP contribution in [0.2, 0.25) is 0 Å². The number of ether oxygens (including phenoxy) is 1. The third-order valence-corrected chi connectivity index (χ3v) is 1.61. The minimum Gasteiger partial charge on any atom is -0.465 e. The van der Waals surface area contributed by atoms with Crippen LogP contribution in [0.4, 0.5) is 17.6 Å². The second-order valence-electron chi connectivity index (χ2n) is 2.80. The summed E-state index contributed by atoms with van der Waals surface area (Å²) < 4.78 is 4.73. The summed E-state index contributed by atoms with van der Waals surface area (Å²) in [5, 5.41) is 2.74. The van der Waals surface area contributed by atoms with Crippen molar-refractivity contribution in [1.82, 2.24) is 9.97 Å². The van der Waals surface area contributed by atoms with Gasteiger partial charge in [-0.2, -0.15) is 9.97 Å². The van der Waals surface area contributed by atoms with Gasteiger partial charge in [0, 0.05) is 6.07 Å². The maximum atomic E-state index is 11.1. The van der Waals surface area contributed by atoms with E-state index < -0.39 is 0 Å². The first kappa shape index (κ1) is 12.0. The molecule has 0 saturated carbocycles. The van der Waals surface area contributed by atoms with Crippen LogP contribution in [0, 0.1) is 0 Å². The molecule has 1 aromatic rings. The monoisotopic (exact) mass is 226 g/mol. The molecule has 0 saturated heterocycles. The topological polar surface area (TPSA) is 128 Å². The molecule has 0 radical (unpaired) electrons. The van der Waals surface area contributed by atoms with Gasteiger partial charge in [0.2, 0.25) is 5.95 Å². The number of carbonyl (C=O) groups excluding carboxylic acids is 1. The lowest BCUT2D eigenvalue weighted by Gasteiger charge is -2.07. The molecular weight excluding hydrogens is 212 g/mol. The zero-order chi connectivity index (χ0) is 12.0. The Morgan fingerprint density at radius 2 is 2.19 bits per heavy atom. The normalized spacial score (nSPS) is 9.62. The summed E-state index contributed by atoms with van der Waals surface area (Å²) in [4.78, 5) is 18.7. The zero-order valence-corrected chi connectivity index (χ0v) is 8.86. The van der Waals surface area contributed by atoms with Gasteiger partial charge in [-0.25, -0.2) is 5.84 Å². The number of nitrogen functional groups attached to an aromatic ring is 2. The predicted molar refractivity (Wildman–Crippen MR) is 59.4 cm³/mol. The van der Waals surface area contributed by atoms with Gasteiger partial charge >= 0.3 is 5.97 Å². The molecule has 0 aliphatic carbocycles. The average molecular weight is 226 g/mol. The fourth-order valence-corrected chi connectivity index (χ4v) is 1.01. The number of rotatable bonds is 5. The Morgan fingerprint density at radius 3 is 2.81 bits per heavy atom. The highest BCUT2D eigenvalue weighted by molar-refractivity contribution is 5.74. The zero-order valence-electron chi connectivity index (χ0n) is 8.86. The Morgan fingerprint density at radius 1 is 1.50 bits per heavy atom. The van der Waals surface area contributed by atoms with Gasteiger partial charge < -0.3 is 21.2 Å². The number of anilines is 3. The van der Waals surface area contributed by atoms with Gasteiger partial charge in [-0.05, 0) is 6.92 Å². The molecule has 1 heterocycles. The predicted octanol–water partition coefficient (Wildman–Crippen LogP) is -0.681. The summed E-state index contributed by atoms with van der Waals surface area (Å²) in [6, 6.07) is 1.52. The lowest BCUT2D eigenvalue weighted by atomic mass is 10.5. The van der Waals surface area contributed by atoms with Gasteiger partial charge in [-0.3, -0.25) is 4.79 Å². The second-order valence-corrected chi connectivity index (χ2v) is 2.80. The van der Waals surface area contributed by atoms with Crippen molar-refractivity contribution < 1.29 is 9.53 Å². The molecule has 0 spiro atoms. The van der Waals surface area contributed by atoms with Crippen LogP contribution in [-0.4, -0.2) is 29.1 Å². The van der Waals surface area contributed by atoms with Crippen molar-refractivity contribution in [1.29, 1.82) is 0 Å². The van der Waals surface area contributed by atoms with Crippen LogP contribution in [0.25, 0.3) is 0 Å². The van der Waals surface area contributed by atoms with Gasteiger partial charge in [0.15, 0.2) is 0 Å². The third-order valence-electron chi connectivity index (χ3n) is 1.61. The number of aromatic nitrogens is 2. The Kier molecular flexibility index (Phi) is 4.28. The van der Waals surface area contributed by atoms with Gasteiger partial charge in [-0.15, -0.1) is 0 Å². The Bertz CT molecular complexity index is 370. The molecule has 0 atom stereocenters. The van der Waals surface area contributed by atoms with Crippen LogP contribution in [-0.2, 0) is 9.53 Å². The van der Waals surface area contributed by atoms with Gasteiger partial charge in [0.25, 0.3) is 0 Å². The number of nitrogens with zero attached hydrogens (tertiary/aromatic N) is 2. The fourth-order valence-electron chi connectivity index (χ4n) is 1.01. The molecule has 8 nitrogen and oxygen atoms in total. The van der Waals surface area contributed by atoms with Crippen molar-refractivity contribution in [3.05, 3.63) is 6.07 Å². The van der Waals surface area contributed by atoms with Gasteiger partial charge in [-0.1, -0.05) is 0 Å². The molecule has 88 valence electrons. The summed E-state index contributed by atoms with van der Waals surface area (Å²) in [5.74, 6) is 5.62. The highest BCUT2D eigenvalue weighted by Gasteiger charge is 2.04. The molecule has 1 rings (SSSR count). The van der Waals surface area contributed by atoms with E-state index >= 15 is 0 Å². The third kappa shape index (κ3) is 3.58. The molecular formula is C8H14N6O2. The molecule has 0 aromatic carbocycles. The smallest absolute Gasteiger partial charge is 0.325 e. The van der Waals surface area contributed by atoms with Crippen molar-refractivity contribution in [2.75, 3.05) is 29.6 Å². The minimum absolute atomic E-state index is 0.00824. The second kappa shape index (κ2) is 5.71. The highest BCUT2D eigenvalue weighted by atomic mass is 16.5. The van der Waals surface area contributed by atoms with Crippen LogP contribution in [0.15, 0.2) is 6.07 Å². The first-order valence-corrected chi connectivity index (χ1v) is 4.66. The van der Waals surface area contributed by atoms with E-state index in [1.54, 1.807) is 6.92 Å². The number of nitrogens with two attached hydrogens (primary N) is 2. The molecule has 0 aliphatic heterocycles. The number of nitrogens with one attached hydrogen (secondary N) is 2. The Balaban J connectivity index is 2.59. The van der Waals surface area contributed by atoms with Gasteiger partial charge in [0.1, 0.15) is 18.2 Å². The van der Waals surface area contributed by atoms with Crippen LogP contribution in [0.5, 0.6) is 0 Å². The molecule has 0 aliphatic rings. The van der Waals surface area contributed by atoms with Gasteiger partial charge in [0.05, 0.1) is 6.61 Å². The summed E-state index contributed by atoms with van der Waals surface area (Å²) in [6.45, 7) is 2.08. The lowest BCUT2D eigenvalue weighted by Crippen LogP contribution is -2.18. The highest BCUT2D eigenvalue weighted by Crippen LogP contribution is 2.10. The molecule has 0 amide bonds. The van der Waals surface area contributed by atoms with E-state index in [-0.39, 0.29) is 18.5 Å². The molecule has 0 unspecified atom stereocenters. The van der Waals surface area contributed by atoms with Crippen molar-refractivity contribution in [2.24, 2.45) is 5.84 Å². The molecule has 16 heavy (non-hydrogen) atoms. The average Bonchev–Trinajstić information content (AvgIpc) is 2.26. The maximum Gasteiger partial charge on any atom is 0.325 e. The molecule has 0 fully saturated rings. The lowest BCUT2D eigenvalue weighted by molar-refractivity contribution is -0.140. The fraction of sp³-hybridized carbons (Fsp3) is 0.375. The van der Waals surface area contributed by atoms with Crippen molar-refractivity contribution in [3.8, 4) is 0 Å². The quantitative estimate of drug-likeness (QED) is 0.295. The number of hydrazine groups is 1. The van der Waals surface area contributed by atoms with E-state index in [4.69, 9.17) is 16.3 Å². The largest absolute Gasteiger partial charge is 0.465 e. The Labute approximate surface area is 92.4 Å². The van der Waals surface area contributed by atoms with Crippen LogP contribution >= 0.6 is 0 Å². The summed E-state index contributed by atoms with van der Waals surface area (Å²) in [7, 11) is 0. The van der Waals surface area contributed by atoms with E-state index in [0.717, 1.165) is 0 Å². The van der Waals surface area contributed by atoms with E-state index in [2.05, 4.69) is 20.7 Å². The van der Waals surface area contributed by atoms with E-state index in [9.17, 15) is 4.79 Å². The molecule has 1 aromatic heterocycles. The maximum absolute atomic E-state index is 11.1. The van der Waals surface area contributed by atoms with E-state index in [0.29, 0.717) is 18.2 Å². The van der Waals surface area contributed by atoms with Crippen molar-refractivity contribution in [2.45, 2.75) is 6.92 Å². The van der Waals surface area contributed by atoms with Crippen molar-refractivity contribution >= 4 is 23.6 Å². The first-order valence-electron chi connectivity index (χ1n) is 4.66. The standard InChI is InChI=1S/C8H14N6O2/c1-2-16-7(15)4-11-5-3-6(14-10)13-8(9)12-5/h3H,2,4,10H2,1H3,(H4,9,11,12,13,14). The van der Waals surface area contributed by atoms with Crippen molar-refractivity contribution in [3.63, 3.8) is 0 Å². The Hall–Kier alpha value is -2.09. The summed E-state index contributed by atoms with van der Waals surface area (Å²) in [6.07, 6.45) is 0. The number of hydrogen-bond acceptors (Lipinski definition) is 8. The molecule has 6 N–H and O–H groups in total. The summed E-state index contributed by atoms with van der Waals surface area (Å²) >= 11 is 0. The number of carbonyl (C=O) groups is 1. The molecule has 8 heteroatoms. The SMILES string of the molecule is CCOC(=O)CNc1cc(NN)nc(N)n1. The first-order chi connectivity index (χ1) is 7.65.